The lowest BCUT2D eigenvalue weighted by Gasteiger charge is -1.98. The minimum absolute atomic E-state index is 0.247. The van der Waals surface area contributed by atoms with Crippen molar-refractivity contribution in [3.8, 4) is 0 Å². The predicted molar refractivity (Wildman–Crippen MR) is 40.8 cm³/mol. The van der Waals surface area contributed by atoms with Gasteiger partial charge in [0.25, 0.3) is 0 Å². The van der Waals surface area contributed by atoms with Crippen LogP contribution >= 0.6 is 0 Å². The lowest BCUT2D eigenvalue weighted by Crippen LogP contribution is -2.07. The Labute approximate surface area is 61.6 Å². The molecule has 0 bridgehead atoms. The van der Waals surface area contributed by atoms with Crippen LogP contribution in [0.5, 0.6) is 0 Å². The standard InChI is InChI=1S/C8H14O2/c1-3-4-5-6-7(2)8(9)10/h4-5,7H,3,6H2,1-2H3,(H,9,10). The first-order chi connectivity index (χ1) is 4.68. The Balaban J connectivity index is 3.48. The van der Waals surface area contributed by atoms with Gasteiger partial charge < -0.3 is 5.11 Å². The van der Waals surface area contributed by atoms with E-state index in [1.54, 1.807) is 6.92 Å². The zero-order chi connectivity index (χ0) is 7.98. The highest BCUT2D eigenvalue weighted by atomic mass is 16.4. The summed E-state index contributed by atoms with van der Waals surface area (Å²) in [7, 11) is 0. The van der Waals surface area contributed by atoms with Crippen molar-refractivity contribution < 1.29 is 9.90 Å². The van der Waals surface area contributed by atoms with E-state index in [1.165, 1.54) is 0 Å². The highest BCUT2D eigenvalue weighted by molar-refractivity contribution is 5.69. The first-order valence-electron chi connectivity index (χ1n) is 3.56. The Hall–Kier alpha value is -0.790. The van der Waals surface area contributed by atoms with Crippen LogP contribution in [0.2, 0.25) is 0 Å². The van der Waals surface area contributed by atoms with Crippen molar-refractivity contribution in [2.24, 2.45) is 5.92 Å². The van der Waals surface area contributed by atoms with Gasteiger partial charge in [0.15, 0.2) is 0 Å². The summed E-state index contributed by atoms with van der Waals surface area (Å²) in [6.07, 6.45) is 5.52. The average molecular weight is 142 g/mol. The van der Waals surface area contributed by atoms with Crippen molar-refractivity contribution >= 4 is 5.97 Å². The fourth-order valence-electron chi connectivity index (χ4n) is 0.568. The van der Waals surface area contributed by atoms with Crippen LogP contribution in [0.3, 0.4) is 0 Å². The van der Waals surface area contributed by atoms with Gasteiger partial charge in [0.2, 0.25) is 0 Å². The van der Waals surface area contributed by atoms with Crippen molar-refractivity contribution in [1.29, 1.82) is 0 Å². The molecule has 0 heterocycles. The first-order valence-corrected chi connectivity index (χ1v) is 3.56. The zero-order valence-corrected chi connectivity index (χ0v) is 6.50. The fraction of sp³-hybridized carbons (Fsp3) is 0.625. The molecule has 0 aromatic rings. The smallest absolute Gasteiger partial charge is 0.306 e. The normalized spacial score (nSPS) is 13.8. The topological polar surface area (TPSA) is 37.3 Å². The van der Waals surface area contributed by atoms with E-state index in [0.29, 0.717) is 6.42 Å². The second-order valence-electron chi connectivity index (χ2n) is 2.35. The maximum Gasteiger partial charge on any atom is 0.306 e. The fourth-order valence-corrected chi connectivity index (χ4v) is 0.568. The van der Waals surface area contributed by atoms with Gasteiger partial charge in [-0.2, -0.15) is 0 Å². The Morgan fingerprint density at radius 1 is 1.60 bits per heavy atom. The van der Waals surface area contributed by atoms with Crippen LogP contribution in [0.15, 0.2) is 12.2 Å². The molecule has 1 N–H and O–H groups in total. The molecule has 0 spiro atoms. The van der Waals surface area contributed by atoms with Crippen LogP contribution in [0, 0.1) is 5.92 Å². The Morgan fingerprint density at radius 2 is 2.20 bits per heavy atom. The van der Waals surface area contributed by atoms with Crippen molar-refractivity contribution in [2.75, 3.05) is 0 Å². The minimum atomic E-state index is -0.722. The van der Waals surface area contributed by atoms with Crippen molar-refractivity contribution in [1.82, 2.24) is 0 Å². The van der Waals surface area contributed by atoms with Crippen molar-refractivity contribution in [3.63, 3.8) is 0 Å². The number of carbonyl (C=O) groups is 1. The summed E-state index contributed by atoms with van der Waals surface area (Å²) < 4.78 is 0. The van der Waals surface area contributed by atoms with Gasteiger partial charge in [0.1, 0.15) is 0 Å². The van der Waals surface area contributed by atoms with Crippen molar-refractivity contribution in [2.45, 2.75) is 26.7 Å². The molecule has 1 atom stereocenters. The zero-order valence-electron chi connectivity index (χ0n) is 6.50. The van der Waals surface area contributed by atoms with Crippen LogP contribution in [-0.4, -0.2) is 11.1 Å². The van der Waals surface area contributed by atoms with Gasteiger partial charge in [-0.25, -0.2) is 0 Å². The monoisotopic (exact) mass is 142 g/mol. The van der Waals surface area contributed by atoms with E-state index >= 15 is 0 Å². The van der Waals surface area contributed by atoms with Crippen LogP contribution in [0.1, 0.15) is 26.7 Å². The van der Waals surface area contributed by atoms with E-state index in [2.05, 4.69) is 0 Å². The highest BCUT2D eigenvalue weighted by Gasteiger charge is 2.06. The molecular weight excluding hydrogens is 128 g/mol. The van der Waals surface area contributed by atoms with Gasteiger partial charge in [-0.1, -0.05) is 26.0 Å². The summed E-state index contributed by atoms with van der Waals surface area (Å²) in [5, 5.41) is 8.45. The lowest BCUT2D eigenvalue weighted by molar-refractivity contribution is -0.140. The third-order valence-electron chi connectivity index (χ3n) is 1.31. The molecule has 0 aliphatic carbocycles. The number of carboxylic acids is 1. The van der Waals surface area contributed by atoms with Gasteiger partial charge in [-0.05, 0) is 12.8 Å². The molecule has 10 heavy (non-hydrogen) atoms. The molecule has 0 saturated heterocycles. The van der Waals surface area contributed by atoms with E-state index in [1.807, 2.05) is 19.1 Å². The van der Waals surface area contributed by atoms with E-state index in [0.717, 1.165) is 6.42 Å². The molecule has 0 amide bonds. The van der Waals surface area contributed by atoms with Gasteiger partial charge in [-0.3, -0.25) is 4.79 Å². The molecule has 0 aromatic heterocycles. The van der Waals surface area contributed by atoms with Gasteiger partial charge in [-0.15, -0.1) is 0 Å². The minimum Gasteiger partial charge on any atom is -0.481 e. The lowest BCUT2D eigenvalue weighted by atomic mass is 10.1. The molecule has 0 fully saturated rings. The van der Waals surface area contributed by atoms with Crippen LogP contribution in [0.4, 0.5) is 0 Å². The molecule has 2 nitrogen and oxygen atoms in total. The number of hydrogen-bond donors (Lipinski definition) is 1. The first kappa shape index (κ1) is 9.21. The molecule has 0 radical (unpaired) electrons. The van der Waals surface area contributed by atoms with Gasteiger partial charge in [0, 0.05) is 0 Å². The molecule has 0 rings (SSSR count). The average Bonchev–Trinajstić information content (AvgIpc) is 1.88. The summed E-state index contributed by atoms with van der Waals surface area (Å²) in [5.74, 6) is -0.969. The van der Waals surface area contributed by atoms with E-state index in [9.17, 15) is 4.79 Å². The quantitative estimate of drug-likeness (QED) is 0.610. The number of aliphatic carboxylic acids is 1. The Bertz CT molecular complexity index is 127. The summed E-state index contributed by atoms with van der Waals surface area (Å²) in [5.41, 5.74) is 0. The second-order valence-corrected chi connectivity index (χ2v) is 2.35. The molecule has 2 heteroatoms. The summed E-state index contributed by atoms with van der Waals surface area (Å²) in [6.45, 7) is 3.74. The Kier molecular flexibility index (Phi) is 4.63. The number of hydrogen-bond acceptors (Lipinski definition) is 1. The second kappa shape index (κ2) is 5.03. The number of allylic oxidation sites excluding steroid dienone is 2. The maximum absolute atomic E-state index is 10.3. The van der Waals surface area contributed by atoms with Crippen LogP contribution in [0.25, 0.3) is 0 Å². The molecule has 58 valence electrons. The van der Waals surface area contributed by atoms with E-state index in [4.69, 9.17) is 5.11 Å². The van der Waals surface area contributed by atoms with E-state index < -0.39 is 5.97 Å². The third-order valence-corrected chi connectivity index (χ3v) is 1.31. The number of carboxylic acid groups (broad SMARTS) is 1. The largest absolute Gasteiger partial charge is 0.481 e. The Morgan fingerprint density at radius 3 is 2.60 bits per heavy atom. The number of rotatable bonds is 4. The van der Waals surface area contributed by atoms with E-state index in [-0.39, 0.29) is 5.92 Å². The van der Waals surface area contributed by atoms with Gasteiger partial charge >= 0.3 is 5.97 Å². The molecule has 0 saturated carbocycles. The third kappa shape index (κ3) is 4.13. The SMILES string of the molecule is CCC=CCC(C)C(=O)O. The van der Waals surface area contributed by atoms with Crippen LogP contribution in [-0.2, 0) is 4.79 Å². The molecule has 0 aliphatic heterocycles. The highest BCUT2D eigenvalue weighted by Crippen LogP contribution is 2.02. The summed E-state index contributed by atoms with van der Waals surface area (Å²) in [6, 6.07) is 0. The van der Waals surface area contributed by atoms with Gasteiger partial charge in [0.05, 0.1) is 5.92 Å². The molecular formula is C8H14O2. The predicted octanol–water partition coefficient (Wildman–Crippen LogP) is 2.06. The molecule has 0 aliphatic rings. The molecule has 1 unspecified atom stereocenters. The maximum atomic E-state index is 10.3. The summed E-state index contributed by atoms with van der Waals surface area (Å²) >= 11 is 0. The van der Waals surface area contributed by atoms with Crippen molar-refractivity contribution in [3.05, 3.63) is 12.2 Å². The van der Waals surface area contributed by atoms with Crippen LogP contribution < -0.4 is 0 Å². The molecule has 0 aromatic carbocycles. The summed E-state index contributed by atoms with van der Waals surface area (Å²) in [4.78, 5) is 10.3.